The number of aromatic nitrogens is 1. The molecule has 2 atom stereocenters. The maximum Gasteiger partial charge on any atom is 0.270 e. The molecule has 1 fully saturated rings. The van der Waals surface area contributed by atoms with Crippen LogP contribution in [0.15, 0.2) is 18.3 Å². The lowest BCUT2D eigenvalue weighted by atomic mass is 10.0. The summed E-state index contributed by atoms with van der Waals surface area (Å²) >= 11 is 5.86. The van der Waals surface area contributed by atoms with Gasteiger partial charge < -0.3 is 5.32 Å². The van der Waals surface area contributed by atoms with Gasteiger partial charge in [-0.3, -0.25) is 9.78 Å². The van der Waals surface area contributed by atoms with Crippen LogP contribution in [0.3, 0.4) is 0 Å². The van der Waals surface area contributed by atoms with Crippen LogP contribution >= 0.6 is 11.6 Å². The van der Waals surface area contributed by atoms with Gasteiger partial charge in [0.1, 0.15) is 5.69 Å². The molecule has 2 unspecified atom stereocenters. The van der Waals surface area contributed by atoms with Gasteiger partial charge in [-0.1, -0.05) is 31.4 Å². The molecule has 1 heterocycles. The van der Waals surface area contributed by atoms with Crippen molar-refractivity contribution in [3.05, 3.63) is 29.0 Å². The lowest BCUT2D eigenvalue weighted by Gasteiger charge is -2.16. The molecular formula is C14H19ClN2O. The van der Waals surface area contributed by atoms with Crippen molar-refractivity contribution in [2.45, 2.75) is 45.1 Å². The van der Waals surface area contributed by atoms with Crippen LogP contribution in [-0.4, -0.2) is 16.9 Å². The van der Waals surface area contributed by atoms with Crippen molar-refractivity contribution < 1.29 is 4.79 Å². The zero-order chi connectivity index (χ0) is 13.0. The average Bonchev–Trinajstić information content (AvgIpc) is 2.54. The molecular weight excluding hydrogens is 248 g/mol. The highest BCUT2D eigenvalue weighted by Crippen LogP contribution is 2.22. The Balaban J connectivity index is 1.94. The number of pyridine rings is 1. The van der Waals surface area contributed by atoms with Crippen LogP contribution in [-0.2, 0) is 0 Å². The SMILES string of the molecule is CC1CCCC(NC(=O)c2cc(Cl)ccn2)CC1. The Morgan fingerprint density at radius 1 is 1.39 bits per heavy atom. The molecule has 4 heteroatoms. The second-order valence-corrected chi connectivity index (χ2v) is 5.58. The van der Waals surface area contributed by atoms with E-state index < -0.39 is 0 Å². The van der Waals surface area contributed by atoms with Crippen LogP contribution in [0.1, 0.15) is 49.5 Å². The number of hydrogen-bond acceptors (Lipinski definition) is 2. The third-order valence-corrected chi connectivity index (χ3v) is 3.78. The average molecular weight is 267 g/mol. The summed E-state index contributed by atoms with van der Waals surface area (Å²) in [6.07, 6.45) is 7.33. The van der Waals surface area contributed by atoms with Crippen molar-refractivity contribution in [1.29, 1.82) is 0 Å². The highest BCUT2D eigenvalue weighted by atomic mass is 35.5. The van der Waals surface area contributed by atoms with E-state index >= 15 is 0 Å². The van der Waals surface area contributed by atoms with Gasteiger partial charge in [-0.25, -0.2) is 0 Å². The van der Waals surface area contributed by atoms with E-state index in [9.17, 15) is 4.79 Å². The standard InChI is InChI=1S/C14H19ClN2O/c1-10-3-2-4-12(6-5-10)17-14(18)13-9-11(15)7-8-16-13/h7-10,12H,2-6H2,1H3,(H,17,18). The monoisotopic (exact) mass is 266 g/mol. The second-order valence-electron chi connectivity index (χ2n) is 5.14. The third kappa shape index (κ3) is 3.70. The molecule has 0 saturated heterocycles. The molecule has 0 aliphatic heterocycles. The first-order chi connectivity index (χ1) is 8.65. The number of rotatable bonds is 2. The first kappa shape index (κ1) is 13.3. The van der Waals surface area contributed by atoms with Gasteiger partial charge in [-0.05, 0) is 37.3 Å². The Morgan fingerprint density at radius 3 is 3.00 bits per heavy atom. The molecule has 1 aromatic rings. The summed E-state index contributed by atoms with van der Waals surface area (Å²) in [5.74, 6) is 0.660. The minimum Gasteiger partial charge on any atom is -0.348 e. The van der Waals surface area contributed by atoms with Gasteiger partial charge in [0.15, 0.2) is 0 Å². The van der Waals surface area contributed by atoms with Crippen LogP contribution in [0.5, 0.6) is 0 Å². The third-order valence-electron chi connectivity index (χ3n) is 3.55. The minimum atomic E-state index is -0.114. The fourth-order valence-corrected chi connectivity index (χ4v) is 2.58. The molecule has 1 saturated carbocycles. The first-order valence-electron chi connectivity index (χ1n) is 6.57. The van der Waals surface area contributed by atoms with Crippen molar-refractivity contribution in [1.82, 2.24) is 10.3 Å². The first-order valence-corrected chi connectivity index (χ1v) is 6.95. The Morgan fingerprint density at radius 2 is 2.22 bits per heavy atom. The van der Waals surface area contributed by atoms with E-state index in [1.165, 1.54) is 19.3 Å². The molecule has 1 N–H and O–H groups in total. The van der Waals surface area contributed by atoms with Crippen LogP contribution < -0.4 is 5.32 Å². The smallest absolute Gasteiger partial charge is 0.270 e. The molecule has 0 bridgehead atoms. The number of hydrogen-bond donors (Lipinski definition) is 1. The number of amides is 1. The van der Waals surface area contributed by atoms with E-state index in [2.05, 4.69) is 17.2 Å². The van der Waals surface area contributed by atoms with Crippen LogP contribution in [0, 0.1) is 5.92 Å². The normalized spacial score (nSPS) is 24.3. The molecule has 18 heavy (non-hydrogen) atoms. The van der Waals surface area contributed by atoms with E-state index in [-0.39, 0.29) is 11.9 Å². The molecule has 0 aromatic carbocycles. The van der Waals surface area contributed by atoms with E-state index in [0.29, 0.717) is 10.7 Å². The second kappa shape index (κ2) is 6.19. The highest BCUT2D eigenvalue weighted by molar-refractivity contribution is 6.30. The van der Waals surface area contributed by atoms with Gasteiger partial charge in [0, 0.05) is 17.3 Å². The quantitative estimate of drug-likeness (QED) is 0.834. The Kier molecular flexibility index (Phi) is 4.59. The van der Waals surface area contributed by atoms with Crippen molar-refractivity contribution in [3.8, 4) is 0 Å². The van der Waals surface area contributed by atoms with Gasteiger partial charge >= 0.3 is 0 Å². The molecule has 0 spiro atoms. The summed E-state index contributed by atoms with van der Waals surface area (Å²) < 4.78 is 0. The van der Waals surface area contributed by atoms with Gasteiger partial charge in [-0.15, -0.1) is 0 Å². The van der Waals surface area contributed by atoms with E-state index in [4.69, 9.17) is 11.6 Å². The van der Waals surface area contributed by atoms with E-state index in [0.717, 1.165) is 18.8 Å². The maximum atomic E-state index is 12.0. The molecule has 0 radical (unpaired) electrons. The molecule has 3 nitrogen and oxygen atoms in total. The minimum absolute atomic E-state index is 0.114. The molecule has 2 rings (SSSR count). The van der Waals surface area contributed by atoms with Gasteiger partial charge in [0.25, 0.3) is 5.91 Å². The highest BCUT2D eigenvalue weighted by Gasteiger charge is 2.19. The molecule has 1 aliphatic carbocycles. The maximum absolute atomic E-state index is 12.0. The van der Waals surface area contributed by atoms with Gasteiger partial charge in [-0.2, -0.15) is 0 Å². The van der Waals surface area contributed by atoms with Gasteiger partial charge in [0.2, 0.25) is 0 Å². The topological polar surface area (TPSA) is 42.0 Å². The number of nitrogens with zero attached hydrogens (tertiary/aromatic N) is 1. The zero-order valence-electron chi connectivity index (χ0n) is 10.7. The van der Waals surface area contributed by atoms with E-state index in [1.807, 2.05) is 0 Å². The van der Waals surface area contributed by atoms with Crippen molar-refractivity contribution in [2.24, 2.45) is 5.92 Å². The summed E-state index contributed by atoms with van der Waals surface area (Å²) in [6.45, 7) is 2.28. The Labute approximate surface area is 113 Å². The summed E-state index contributed by atoms with van der Waals surface area (Å²) in [6, 6.07) is 3.56. The summed E-state index contributed by atoms with van der Waals surface area (Å²) in [5, 5.41) is 3.61. The Hall–Kier alpha value is -1.09. The number of carbonyl (C=O) groups excluding carboxylic acids is 1. The number of nitrogens with one attached hydrogen (secondary N) is 1. The van der Waals surface area contributed by atoms with Crippen molar-refractivity contribution in [2.75, 3.05) is 0 Å². The molecule has 1 aromatic heterocycles. The predicted molar refractivity (Wildman–Crippen MR) is 72.8 cm³/mol. The largest absolute Gasteiger partial charge is 0.348 e. The molecule has 98 valence electrons. The van der Waals surface area contributed by atoms with Crippen LogP contribution in [0.2, 0.25) is 5.02 Å². The number of halogens is 1. The van der Waals surface area contributed by atoms with Crippen molar-refractivity contribution >= 4 is 17.5 Å². The Bertz CT molecular complexity index is 422. The summed E-state index contributed by atoms with van der Waals surface area (Å²) in [5.41, 5.74) is 0.403. The number of carbonyl (C=O) groups is 1. The molecule has 1 amide bonds. The summed E-state index contributed by atoms with van der Waals surface area (Å²) in [4.78, 5) is 16.1. The fourth-order valence-electron chi connectivity index (χ4n) is 2.42. The van der Waals surface area contributed by atoms with Crippen molar-refractivity contribution in [3.63, 3.8) is 0 Å². The fraction of sp³-hybridized carbons (Fsp3) is 0.571. The van der Waals surface area contributed by atoms with Gasteiger partial charge in [0.05, 0.1) is 0 Å². The zero-order valence-corrected chi connectivity index (χ0v) is 11.4. The lowest BCUT2D eigenvalue weighted by Crippen LogP contribution is -2.34. The lowest BCUT2D eigenvalue weighted by molar-refractivity contribution is 0.0928. The summed E-state index contributed by atoms with van der Waals surface area (Å²) in [7, 11) is 0. The van der Waals surface area contributed by atoms with Crippen LogP contribution in [0.4, 0.5) is 0 Å². The molecule has 1 aliphatic rings. The van der Waals surface area contributed by atoms with Crippen LogP contribution in [0.25, 0.3) is 0 Å². The predicted octanol–water partition coefficient (Wildman–Crippen LogP) is 3.43. The van der Waals surface area contributed by atoms with E-state index in [1.54, 1.807) is 18.3 Å².